The molecule has 3 aliphatic carbocycles. The maximum Gasteiger partial charge on any atom is 0.453 e. The Bertz CT molecular complexity index is 1530. The van der Waals surface area contributed by atoms with Gasteiger partial charge in [0.25, 0.3) is 5.82 Å². The number of nitrogens with two attached hydrogens (primary N) is 1. The fraction of sp³-hybridized carbons (Fsp3) is 0.677. The van der Waals surface area contributed by atoms with Gasteiger partial charge >= 0.3 is 6.18 Å². The van der Waals surface area contributed by atoms with Crippen LogP contribution in [0.3, 0.4) is 0 Å². The van der Waals surface area contributed by atoms with Gasteiger partial charge in [-0.1, -0.05) is 25.1 Å². The van der Waals surface area contributed by atoms with E-state index in [9.17, 15) is 22.4 Å². The molecule has 14 heteroatoms. The van der Waals surface area contributed by atoms with Crippen LogP contribution in [0.25, 0.3) is 0 Å². The summed E-state index contributed by atoms with van der Waals surface area (Å²) in [5.41, 5.74) is 6.91. The highest BCUT2D eigenvalue weighted by Gasteiger charge is 2.92. The van der Waals surface area contributed by atoms with Gasteiger partial charge in [-0.05, 0) is 66.4 Å². The van der Waals surface area contributed by atoms with Crippen LogP contribution in [0.4, 0.5) is 17.6 Å². The molecule has 2 spiro atoms. The van der Waals surface area contributed by atoms with Crippen LogP contribution in [0.15, 0.2) is 23.4 Å². The van der Waals surface area contributed by atoms with Crippen LogP contribution in [0, 0.1) is 40.3 Å². The molecular weight excluding hydrogens is 594 g/mol. The van der Waals surface area contributed by atoms with E-state index in [2.05, 4.69) is 20.1 Å². The van der Waals surface area contributed by atoms with Gasteiger partial charge < -0.3 is 20.2 Å². The van der Waals surface area contributed by atoms with Crippen molar-refractivity contribution >= 4 is 11.7 Å². The van der Waals surface area contributed by atoms with Crippen LogP contribution < -0.4 is 10.5 Å². The second-order valence-corrected chi connectivity index (χ2v) is 13.8. The number of amidine groups is 1. The highest BCUT2D eigenvalue weighted by atomic mass is 19.4. The number of fused-ring (bicyclic) bond motifs is 5. The molecule has 0 radical (unpaired) electrons. The van der Waals surface area contributed by atoms with Gasteiger partial charge in [0.2, 0.25) is 5.91 Å². The molecule has 3 saturated carbocycles. The summed E-state index contributed by atoms with van der Waals surface area (Å²) in [5.74, 6) is 0.875. The van der Waals surface area contributed by atoms with E-state index in [4.69, 9.17) is 15.3 Å². The normalized spacial score (nSPS) is 31.2. The van der Waals surface area contributed by atoms with Gasteiger partial charge in [-0.15, -0.1) is 5.10 Å². The van der Waals surface area contributed by atoms with Crippen molar-refractivity contribution in [2.45, 2.75) is 71.9 Å². The van der Waals surface area contributed by atoms with E-state index >= 15 is 0 Å². The summed E-state index contributed by atoms with van der Waals surface area (Å²) in [6, 6.07) is 4.54. The van der Waals surface area contributed by atoms with Crippen LogP contribution >= 0.6 is 0 Å². The Morgan fingerprint density at radius 2 is 2.00 bits per heavy atom. The number of rotatable bonds is 9. The average Bonchev–Trinajstić information content (AvgIpc) is 3.93. The van der Waals surface area contributed by atoms with E-state index in [1.165, 1.54) is 17.4 Å². The van der Waals surface area contributed by atoms with Crippen LogP contribution in [-0.4, -0.2) is 68.8 Å². The minimum absolute atomic E-state index is 0.0604. The number of benzene rings is 1. The Hall–Kier alpha value is -3.42. The summed E-state index contributed by atoms with van der Waals surface area (Å²) in [7, 11) is 0. The number of halogens is 4. The van der Waals surface area contributed by atoms with Crippen LogP contribution in [0.1, 0.15) is 57.2 Å². The van der Waals surface area contributed by atoms with Gasteiger partial charge in [-0.2, -0.15) is 13.2 Å². The van der Waals surface area contributed by atoms with E-state index in [1.807, 2.05) is 20.8 Å². The number of amides is 1. The second kappa shape index (κ2) is 10.6. The van der Waals surface area contributed by atoms with Crippen molar-refractivity contribution in [1.29, 1.82) is 0 Å². The number of ether oxygens (including phenoxy) is 1. The van der Waals surface area contributed by atoms with E-state index in [-0.39, 0.29) is 55.5 Å². The molecule has 1 saturated heterocycles. The van der Waals surface area contributed by atoms with Gasteiger partial charge in [-0.25, -0.2) is 14.1 Å². The molecule has 45 heavy (non-hydrogen) atoms. The zero-order valence-electron chi connectivity index (χ0n) is 25.7. The number of carbonyl (C=O) groups is 1. The quantitative estimate of drug-likeness (QED) is 0.192. The molecular formula is C31H39F4N7O3. The molecule has 2 aromatic rings. The Morgan fingerprint density at radius 1 is 1.20 bits per heavy atom. The zero-order valence-corrected chi connectivity index (χ0v) is 25.7. The smallest absolute Gasteiger partial charge is 0.453 e. The summed E-state index contributed by atoms with van der Waals surface area (Å²) in [6.45, 7) is 8.71. The number of likely N-dealkylation sites (tertiary alicyclic amines) is 1. The van der Waals surface area contributed by atoms with Gasteiger partial charge in [0.1, 0.15) is 23.2 Å². The third-order valence-corrected chi connectivity index (χ3v) is 11.0. The molecule has 6 atom stereocenters. The van der Waals surface area contributed by atoms with Crippen molar-refractivity contribution in [1.82, 2.24) is 24.6 Å². The molecule has 2 aliphatic heterocycles. The van der Waals surface area contributed by atoms with E-state index in [0.29, 0.717) is 40.9 Å². The third kappa shape index (κ3) is 5.22. The Labute approximate surface area is 258 Å². The monoisotopic (exact) mass is 633 g/mol. The number of hydrogen-bond acceptors (Lipinski definition) is 7. The maximum atomic E-state index is 15.0. The fourth-order valence-electron chi connectivity index (χ4n) is 8.21. The molecule has 1 aromatic heterocycles. The molecule has 7 rings (SSSR count). The molecule has 0 bridgehead atoms. The van der Waals surface area contributed by atoms with Crippen molar-refractivity contribution in [3.8, 4) is 5.75 Å². The van der Waals surface area contributed by atoms with Gasteiger partial charge in [0.05, 0.1) is 26.1 Å². The summed E-state index contributed by atoms with van der Waals surface area (Å²) in [5, 5.41) is 7.59. The zero-order chi connectivity index (χ0) is 31.9. The van der Waals surface area contributed by atoms with Gasteiger partial charge in [-0.3, -0.25) is 9.69 Å². The molecule has 3 heterocycles. The van der Waals surface area contributed by atoms with E-state index in [0.717, 1.165) is 36.5 Å². The van der Waals surface area contributed by atoms with Crippen molar-refractivity contribution in [2.24, 2.45) is 45.4 Å². The summed E-state index contributed by atoms with van der Waals surface area (Å²) < 4.78 is 61.0. The topological polar surface area (TPSA) is 111 Å². The first kappa shape index (κ1) is 30.2. The van der Waals surface area contributed by atoms with Crippen LogP contribution in [0.5, 0.6) is 5.75 Å². The second-order valence-electron chi connectivity index (χ2n) is 13.8. The standard InChI is InChI=1S/C31H39F4N7O3/c1-17(2)27(36)39-45-18(3)40-7-6-22-23(13-40)30(22)16-29(30)12-20(29)15-44-21-5-4-19(24(32)11-21)10-26(43)41-8-9-42-25(14-41)37-28(38-42)31(33,34)35/h4-5,11,17-18,20,22-23H,6-10,12-16H2,1-3H3,(H2,36,39)/t18?,20-,22?,23-,29-,30?/m1/s1. The van der Waals surface area contributed by atoms with Crippen LogP contribution in [0.2, 0.25) is 0 Å². The molecule has 4 fully saturated rings. The van der Waals surface area contributed by atoms with Crippen molar-refractivity contribution in [3.63, 3.8) is 0 Å². The average molecular weight is 634 g/mol. The molecule has 244 valence electrons. The minimum atomic E-state index is -4.65. The van der Waals surface area contributed by atoms with Crippen molar-refractivity contribution in [3.05, 3.63) is 41.2 Å². The lowest BCUT2D eigenvalue weighted by Crippen LogP contribution is -2.39. The number of carbonyl (C=O) groups excluding carboxylic acids is 1. The molecule has 1 amide bonds. The Morgan fingerprint density at radius 3 is 2.73 bits per heavy atom. The number of piperidine rings is 1. The highest BCUT2D eigenvalue weighted by molar-refractivity contribution is 5.81. The summed E-state index contributed by atoms with van der Waals surface area (Å²) >= 11 is 0. The molecule has 1 aromatic carbocycles. The molecule has 10 nitrogen and oxygen atoms in total. The maximum absolute atomic E-state index is 15.0. The van der Waals surface area contributed by atoms with Crippen molar-refractivity contribution < 1.29 is 31.9 Å². The number of oxime groups is 1. The SMILES string of the molecule is CC(C)/C(N)=N/OC(C)N1CCC2[C@@H](C1)C21C[C@@]12C[C@@H]2COc1ccc(CC(=O)N2CCn3nc(C(F)(F)F)nc3C2)c(F)c1. The van der Waals surface area contributed by atoms with Crippen LogP contribution in [-0.2, 0) is 35.3 Å². The van der Waals surface area contributed by atoms with Crippen molar-refractivity contribution in [2.75, 3.05) is 26.2 Å². The third-order valence-electron chi connectivity index (χ3n) is 11.0. The van der Waals surface area contributed by atoms with E-state index in [1.54, 1.807) is 12.1 Å². The van der Waals surface area contributed by atoms with Gasteiger partial charge in [0.15, 0.2) is 6.23 Å². The number of aromatic nitrogens is 3. The Balaban J connectivity index is 0.885. The lowest BCUT2D eigenvalue weighted by molar-refractivity contribution is -0.145. The molecule has 5 aliphatic rings. The first-order chi connectivity index (χ1) is 21.3. The molecule has 3 unspecified atom stereocenters. The number of alkyl halides is 3. The summed E-state index contributed by atoms with van der Waals surface area (Å²) in [6.07, 6.45) is -1.43. The highest BCUT2D eigenvalue weighted by Crippen LogP contribution is 2.96. The summed E-state index contributed by atoms with van der Waals surface area (Å²) in [4.78, 5) is 25.8. The van der Waals surface area contributed by atoms with E-state index < -0.39 is 17.8 Å². The molecule has 2 N–H and O–H groups in total. The predicted molar refractivity (Wildman–Crippen MR) is 154 cm³/mol. The first-order valence-corrected chi connectivity index (χ1v) is 15.8. The minimum Gasteiger partial charge on any atom is -0.493 e. The fourth-order valence-corrected chi connectivity index (χ4v) is 8.21. The predicted octanol–water partition coefficient (Wildman–Crippen LogP) is 4.04. The largest absolute Gasteiger partial charge is 0.493 e. The lowest BCUT2D eigenvalue weighted by Gasteiger charge is -2.30. The van der Waals surface area contributed by atoms with Gasteiger partial charge in [0, 0.05) is 31.6 Å². The Kier molecular flexibility index (Phi) is 7.10. The lowest BCUT2D eigenvalue weighted by atomic mass is 10.1. The number of nitrogens with zero attached hydrogens (tertiary/aromatic N) is 6. The first-order valence-electron chi connectivity index (χ1n) is 15.8. The number of hydrogen-bond donors (Lipinski definition) is 1.